The molecule has 0 bridgehead atoms. The molecule has 1 rings (SSSR count). The van der Waals surface area contributed by atoms with Crippen molar-refractivity contribution >= 4 is 5.78 Å². The van der Waals surface area contributed by atoms with E-state index in [9.17, 15) is 9.18 Å². The smallest absolute Gasteiger partial charge is 0.162 e. The van der Waals surface area contributed by atoms with Crippen molar-refractivity contribution in [2.75, 3.05) is 6.54 Å². The molecule has 1 aromatic rings. The number of nitrogens with two attached hydrogens (primary N) is 1. The van der Waals surface area contributed by atoms with Gasteiger partial charge in [0, 0.05) is 12.0 Å². The fourth-order valence-electron chi connectivity index (χ4n) is 1.61. The second-order valence-electron chi connectivity index (χ2n) is 4.15. The van der Waals surface area contributed by atoms with Crippen molar-refractivity contribution in [1.82, 2.24) is 0 Å². The number of hydrogen-bond donors (Lipinski definition) is 1. The van der Waals surface area contributed by atoms with Crippen LogP contribution >= 0.6 is 0 Å². The molecule has 0 aromatic heterocycles. The highest BCUT2D eigenvalue weighted by Crippen LogP contribution is 2.13. The minimum atomic E-state index is -0.360. The predicted molar refractivity (Wildman–Crippen MR) is 62.8 cm³/mol. The van der Waals surface area contributed by atoms with E-state index in [2.05, 4.69) is 6.92 Å². The zero-order chi connectivity index (χ0) is 12.0. The van der Waals surface area contributed by atoms with Gasteiger partial charge in [0.2, 0.25) is 0 Å². The van der Waals surface area contributed by atoms with Gasteiger partial charge in [-0.2, -0.15) is 0 Å². The Morgan fingerprint density at radius 2 is 2.19 bits per heavy atom. The van der Waals surface area contributed by atoms with Crippen molar-refractivity contribution in [2.45, 2.75) is 26.2 Å². The minimum absolute atomic E-state index is 0.00312. The zero-order valence-electron chi connectivity index (χ0n) is 9.58. The summed E-state index contributed by atoms with van der Waals surface area (Å²) in [7, 11) is 0. The molecule has 0 amide bonds. The Balaban J connectivity index is 2.47. The SMILES string of the molecule is CC(CCN)CCC(=O)c1cccc(F)c1. The number of ketones is 1. The maximum atomic E-state index is 12.9. The maximum absolute atomic E-state index is 12.9. The summed E-state index contributed by atoms with van der Waals surface area (Å²) in [6, 6.07) is 5.84. The first-order chi connectivity index (χ1) is 7.63. The zero-order valence-corrected chi connectivity index (χ0v) is 9.58. The van der Waals surface area contributed by atoms with Gasteiger partial charge in [-0.25, -0.2) is 4.39 Å². The molecule has 1 unspecified atom stereocenters. The lowest BCUT2D eigenvalue weighted by Gasteiger charge is -2.08. The molecule has 16 heavy (non-hydrogen) atoms. The Morgan fingerprint density at radius 1 is 1.44 bits per heavy atom. The highest BCUT2D eigenvalue weighted by molar-refractivity contribution is 5.95. The van der Waals surface area contributed by atoms with Crippen LogP contribution in [0.15, 0.2) is 24.3 Å². The van der Waals surface area contributed by atoms with E-state index >= 15 is 0 Å². The highest BCUT2D eigenvalue weighted by Gasteiger charge is 2.09. The van der Waals surface area contributed by atoms with Gasteiger partial charge in [0.1, 0.15) is 5.82 Å². The van der Waals surface area contributed by atoms with Crippen LogP contribution in [0.4, 0.5) is 4.39 Å². The molecule has 0 heterocycles. The van der Waals surface area contributed by atoms with E-state index in [0.717, 1.165) is 12.8 Å². The standard InChI is InChI=1S/C13H18FNO/c1-10(7-8-15)5-6-13(16)11-3-2-4-12(14)9-11/h2-4,9-10H,5-8,15H2,1H3. The summed E-state index contributed by atoms with van der Waals surface area (Å²) < 4.78 is 12.9. The summed E-state index contributed by atoms with van der Waals surface area (Å²) in [6.07, 6.45) is 2.20. The number of Topliss-reactive ketones (excluding diaryl/α,β-unsaturated/α-hetero) is 1. The topological polar surface area (TPSA) is 43.1 Å². The van der Waals surface area contributed by atoms with Crippen LogP contribution in [-0.4, -0.2) is 12.3 Å². The van der Waals surface area contributed by atoms with Gasteiger partial charge in [-0.15, -0.1) is 0 Å². The first-order valence-electron chi connectivity index (χ1n) is 5.62. The van der Waals surface area contributed by atoms with Gasteiger partial charge in [0.15, 0.2) is 5.78 Å². The van der Waals surface area contributed by atoms with Gasteiger partial charge >= 0.3 is 0 Å². The molecular weight excluding hydrogens is 205 g/mol. The molecule has 2 nitrogen and oxygen atoms in total. The summed E-state index contributed by atoms with van der Waals surface area (Å²) in [5.74, 6) is 0.0896. The summed E-state index contributed by atoms with van der Waals surface area (Å²) in [6.45, 7) is 2.72. The van der Waals surface area contributed by atoms with E-state index in [1.165, 1.54) is 12.1 Å². The molecule has 88 valence electrons. The van der Waals surface area contributed by atoms with Crippen LogP contribution in [0.3, 0.4) is 0 Å². The molecule has 0 aliphatic heterocycles. The van der Waals surface area contributed by atoms with E-state index < -0.39 is 0 Å². The van der Waals surface area contributed by atoms with Gasteiger partial charge in [-0.05, 0) is 37.4 Å². The van der Waals surface area contributed by atoms with Crippen LogP contribution in [0, 0.1) is 11.7 Å². The molecule has 0 spiro atoms. The van der Waals surface area contributed by atoms with E-state index in [1.54, 1.807) is 12.1 Å². The number of carbonyl (C=O) groups excluding carboxylic acids is 1. The quantitative estimate of drug-likeness (QED) is 0.753. The lowest BCUT2D eigenvalue weighted by molar-refractivity contribution is 0.0973. The van der Waals surface area contributed by atoms with Crippen molar-refractivity contribution in [3.63, 3.8) is 0 Å². The van der Waals surface area contributed by atoms with E-state index in [-0.39, 0.29) is 11.6 Å². The van der Waals surface area contributed by atoms with E-state index in [1.807, 2.05) is 0 Å². The highest BCUT2D eigenvalue weighted by atomic mass is 19.1. The first kappa shape index (κ1) is 12.8. The molecule has 0 saturated carbocycles. The van der Waals surface area contributed by atoms with Gasteiger partial charge < -0.3 is 5.73 Å². The molecule has 1 atom stereocenters. The molecule has 0 fully saturated rings. The Kier molecular flexibility index (Phi) is 5.12. The minimum Gasteiger partial charge on any atom is -0.330 e. The number of halogens is 1. The van der Waals surface area contributed by atoms with Crippen molar-refractivity contribution in [1.29, 1.82) is 0 Å². The van der Waals surface area contributed by atoms with Crippen LogP contribution in [0.2, 0.25) is 0 Å². The molecule has 0 aliphatic carbocycles. The average molecular weight is 223 g/mol. The van der Waals surface area contributed by atoms with Crippen LogP contribution in [0.5, 0.6) is 0 Å². The molecule has 0 saturated heterocycles. The van der Waals surface area contributed by atoms with Gasteiger partial charge in [-0.1, -0.05) is 19.1 Å². The van der Waals surface area contributed by atoms with Crippen molar-refractivity contribution in [2.24, 2.45) is 11.7 Å². The molecule has 2 N–H and O–H groups in total. The van der Waals surface area contributed by atoms with Crippen LogP contribution in [0.1, 0.15) is 36.5 Å². The number of benzene rings is 1. The van der Waals surface area contributed by atoms with Crippen molar-refractivity contribution < 1.29 is 9.18 Å². The Bertz CT molecular complexity index is 352. The van der Waals surface area contributed by atoms with Gasteiger partial charge in [0.25, 0.3) is 0 Å². The second-order valence-corrected chi connectivity index (χ2v) is 4.15. The Labute approximate surface area is 95.7 Å². The first-order valence-corrected chi connectivity index (χ1v) is 5.62. The number of carbonyl (C=O) groups is 1. The summed E-state index contributed by atoms with van der Waals surface area (Å²) in [4.78, 5) is 11.7. The van der Waals surface area contributed by atoms with Crippen molar-refractivity contribution in [3.05, 3.63) is 35.6 Å². The Morgan fingerprint density at radius 3 is 2.81 bits per heavy atom. The average Bonchev–Trinajstić information content (AvgIpc) is 2.26. The van der Waals surface area contributed by atoms with Crippen LogP contribution in [0.25, 0.3) is 0 Å². The summed E-state index contributed by atoms with van der Waals surface area (Å²) in [5.41, 5.74) is 5.89. The third-order valence-electron chi connectivity index (χ3n) is 2.67. The third-order valence-corrected chi connectivity index (χ3v) is 2.67. The summed E-state index contributed by atoms with van der Waals surface area (Å²) >= 11 is 0. The lowest BCUT2D eigenvalue weighted by atomic mass is 9.97. The number of hydrogen-bond acceptors (Lipinski definition) is 2. The second kappa shape index (κ2) is 6.38. The third kappa shape index (κ3) is 4.11. The normalized spacial score (nSPS) is 12.4. The van der Waals surface area contributed by atoms with E-state index in [4.69, 9.17) is 5.73 Å². The molecule has 0 radical (unpaired) electrons. The maximum Gasteiger partial charge on any atom is 0.162 e. The van der Waals surface area contributed by atoms with Gasteiger partial charge in [0.05, 0.1) is 0 Å². The van der Waals surface area contributed by atoms with Gasteiger partial charge in [-0.3, -0.25) is 4.79 Å². The Hall–Kier alpha value is -1.22. The molecule has 0 aliphatic rings. The van der Waals surface area contributed by atoms with Crippen LogP contribution < -0.4 is 5.73 Å². The van der Waals surface area contributed by atoms with Crippen LogP contribution in [-0.2, 0) is 0 Å². The number of rotatable bonds is 6. The predicted octanol–water partition coefficient (Wildman–Crippen LogP) is 2.77. The summed E-state index contributed by atoms with van der Waals surface area (Å²) in [5, 5.41) is 0. The van der Waals surface area contributed by atoms with E-state index in [0.29, 0.717) is 24.4 Å². The fraction of sp³-hybridized carbons (Fsp3) is 0.462. The largest absolute Gasteiger partial charge is 0.330 e. The molecule has 3 heteroatoms. The molecular formula is C13H18FNO. The van der Waals surface area contributed by atoms with Crippen molar-refractivity contribution in [3.8, 4) is 0 Å². The monoisotopic (exact) mass is 223 g/mol. The fourth-order valence-corrected chi connectivity index (χ4v) is 1.61. The lowest BCUT2D eigenvalue weighted by Crippen LogP contribution is -2.08. The molecule has 1 aromatic carbocycles.